The van der Waals surface area contributed by atoms with Crippen LogP contribution in [0, 0.1) is 0 Å². The zero-order valence-electron chi connectivity index (χ0n) is 12.6. The molecule has 2 heterocycles. The Kier molecular flexibility index (Phi) is 4.05. The van der Waals surface area contributed by atoms with Crippen molar-refractivity contribution in [1.29, 1.82) is 0 Å². The van der Waals surface area contributed by atoms with E-state index in [4.69, 9.17) is 0 Å². The third-order valence-corrected chi connectivity index (χ3v) is 3.55. The lowest BCUT2D eigenvalue weighted by Crippen LogP contribution is -2.29. The number of pyridine rings is 2. The van der Waals surface area contributed by atoms with E-state index < -0.39 is 11.5 Å². The number of benzene rings is 1. The maximum atomic E-state index is 12.3. The van der Waals surface area contributed by atoms with Crippen LogP contribution in [0.15, 0.2) is 53.5 Å². The number of H-pyrrole nitrogens is 1. The van der Waals surface area contributed by atoms with Crippen molar-refractivity contribution in [3.8, 4) is 0 Å². The van der Waals surface area contributed by atoms with E-state index >= 15 is 0 Å². The molecule has 6 nitrogen and oxygen atoms in total. The van der Waals surface area contributed by atoms with Crippen LogP contribution in [0.2, 0.25) is 0 Å². The van der Waals surface area contributed by atoms with Crippen molar-refractivity contribution < 1.29 is 4.79 Å². The summed E-state index contributed by atoms with van der Waals surface area (Å²) < 4.78 is 0. The topological polar surface area (TPSA) is 86.9 Å². The second-order valence-electron chi connectivity index (χ2n) is 5.04. The van der Waals surface area contributed by atoms with E-state index in [1.54, 1.807) is 25.4 Å². The van der Waals surface area contributed by atoms with Crippen molar-refractivity contribution in [3.63, 3.8) is 0 Å². The Hall–Kier alpha value is -3.15. The number of carbonyl (C=O) groups excluding carboxylic acids is 1. The molecule has 3 aromatic rings. The van der Waals surface area contributed by atoms with Crippen molar-refractivity contribution in [3.05, 3.63) is 70.3 Å². The molecule has 0 saturated heterocycles. The van der Waals surface area contributed by atoms with Gasteiger partial charge in [-0.15, -0.1) is 0 Å². The molecule has 1 amide bonds. The van der Waals surface area contributed by atoms with E-state index in [1.165, 1.54) is 0 Å². The summed E-state index contributed by atoms with van der Waals surface area (Å²) in [6.45, 7) is 0.272. The molecule has 6 heteroatoms. The molecule has 0 radical (unpaired) electrons. The summed E-state index contributed by atoms with van der Waals surface area (Å²) in [5.41, 5.74) is 1.89. The fourth-order valence-electron chi connectivity index (χ4n) is 2.38. The predicted octanol–water partition coefficient (Wildman–Crippen LogP) is 1.89. The molecule has 116 valence electrons. The van der Waals surface area contributed by atoms with Gasteiger partial charge in [0.1, 0.15) is 5.56 Å². The molecule has 0 atom stereocenters. The lowest BCUT2D eigenvalue weighted by Gasteiger charge is -2.08. The summed E-state index contributed by atoms with van der Waals surface area (Å²) in [7, 11) is 1.78. The van der Waals surface area contributed by atoms with E-state index in [0.29, 0.717) is 5.52 Å². The average Bonchev–Trinajstić information content (AvgIpc) is 2.59. The van der Waals surface area contributed by atoms with Gasteiger partial charge in [-0.25, -0.2) is 0 Å². The molecule has 0 spiro atoms. The summed E-state index contributed by atoms with van der Waals surface area (Å²) in [5.74, 6) is -0.423. The molecule has 2 aromatic heterocycles. The van der Waals surface area contributed by atoms with Crippen LogP contribution in [0.5, 0.6) is 0 Å². The van der Waals surface area contributed by atoms with E-state index in [-0.39, 0.29) is 12.1 Å². The Morgan fingerprint density at radius 1 is 1.22 bits per heavy atom. The van der Waals surface area contributed by atoms with Gasteiger partial charge in [-0.05, 0) is 24.3 Å². The maximum Gasteiger partial charge on any atom is 0.261 e. The molecule has 3 rings (SSSR count). The first-order valence-electron chi connectivity index (χ1n) is 7.21. The van der Waals surface area contributed by atoms with Crippen molar-refractivity contribution in [1.82, 2.24) is 15.3 Å². The second-order valence-corrected chi connectivity index (χ2v) is 5.04. The smallest absolute Gasteiger partial charge is 0.261 e. The molecule has 0 aliphatic heterocycles. The van der Waals surface area contributed by atoms with Crippen LogP contribution >= 0.6 is 0 Å². The van der Waals surface area contributed by atoms with Crippen molar-refractivity contribution in [2.75, 3.05) is 12.4 Å². The number of rotatable bonds is 4. The number of hydrogen-bond donors (Lipinski definition) is 3. The first-order valence-corrected chi connectivity index (χ1v) is 7.21. The van der Waals surface area contributed by atoms with Crippen LogP contribution in [0.3, 0.4) is 0 Å². The summed E-state index contributed by atoms with van der Waals surface area (Å²) >= 11 is 0. The van der Waals surface area contributed by atoms with Crippen molar-refractivity contribution >= 4 is 22.5 Å². The SMILES string of the molecule is CNc1cccc2cc(C(=O)NCc3ccccn3)c(=O)[nH]c12. The lowest BCUT2D eigenvalue weighted by atomic mass is 10.1. The third kappa shape index (κ3) is 3.06. The van der Waals surface area contributed by atoms with Crippen molar-refractivity contribution in [2.24, 2.45) is 0 Å². The molecule has 3 N–H and O–H groups in total. The highest BCUT2D eigenvalue weighted by atomic mass is 16.2. The van der Waals surface area contributed by atoms with E-state index in [9.17, 15) is 9.59 Å². The largest absolute Gasteiger partial charge is 0.386 e. The van der Waals surface area contributed by atoms with Gasteiger partial charge < -0.3 is 15.6 Å². The van der Waals surface area contributed by atoms with Crippen LogP contribution in [0.4, 0.5) is 5.69 Å². The fraction of sp³-hybridized carbons (Fsp3) is 0.118. The number of anilines is 1. The Morgan fingerprint density at radius 2 is 2.09 bits per heavy atom. The van der Waals surface area contributed by atoms with E-state index in [2.05, 4.69) is 20.6 Å². The number of carbonyl (C=O) groups is 1. The number of nitrogens with one attached hydrogen (secondary N) is 3. The maximum absolute atomic E-state index is 12.3. The van der Waals surface area contributed by atoms with Gasteiger partial charge in [-0.3, -0.25) is 14.6 Å². The number of para-hydroxylation sites is 1. The lowest BCUT2D eigenvalue weighted by molar-refractivity contribution is 0.0949. The quantitative estimate of drug-likeness (QED) is 0.687. The summed E-state index contributed by atoms with van der Waals surface area (Å²) in [5, 5.41) is 6.52. The number of amides is 1. The van der Waals surface area contributed by atoms with Gasteiger partial charge >= 0.3 is 0 Å². The summed E-state index contributed by atoms with van der Waals surface area (Å²) in [4.78, 5) is 31.3. The Balaban J connectivity index is 1.89. The van der Waals surface area contributed by atoms with Gasteiger partial charge in [0.15, 0.2) is 0 Å². The molecular weight excluding hydrogens is 292 g/mol. The second kappa shape index (κ2) is 6.31. The average molecular weight is 308 g/mol. The number of aromatic nitrogens is 2. The minimum Gasteiger partial charge on any atom is -0.386 e. The van der Waals surface area contributed by atoms with Crippen LogP contribution in [-0.2, 0) is 6.54 Å². The van der Waals surface area contributed by atoms with E-state index in [0.717, 1.165) is 16.8 Å². The van der Waals surface area contributed by atoms with Gasteiger partial charge in [0.2, 0.25) is 0 Å². The van der Waals surface area contributed by atoms with Crippen LogP contribution in [-0.4, -0.2) is 22.9 Å². The number of hydrogen-bond acceptors (Lipinski definition) is 4. The van der Waals surface area contributed by atoms with Crippen molar-refractivity contribution in [2.45, 2.75) is 6.54 Å². The first-order chi connectivity index (χ1) is 11.2. The minimum atomic E-state index is -0.423. The monoisotopic (exact) mass is 308 g/mol. The zero-order chi connectivity index (χ0) is 16.2. The van der Waals surface area contributed by atoms with Crippen LogP contribution < -0.4 is 16.2 Å². The van der Waals surface area contributed by atoms with Gasteiger partial charge in [0.05, 0.1) is 23.4 Å². The van der Waals surface area contributed by atoms with Gasteiger partial charge in [-0.1, -0.05) is 18.2 Å². The number of fused-ring (bicyclic) bond motifs is 1. The molecular formula is C17H16N4O2. The van der Waals surface area contributed by atoms with Gasteiger partial charge in [-0.2, -0.15) is 0 Å². The number of nitrogens with zero attached hydrogens (tertiary/aromatic N) is 1. The minimum absolute atomic E-state index is 0.0849. The van der Waals surface area contributed by atoms with Gasteiger partial charge in [0, 0.05) is 18.6 Å². The van der Waals surface area contributed by atoms with Crippen LogP contribution in [0.1, 0.15) is 16.1 Å². The molecule has 0 aliphatic carbocycles. The Bertz CT molecular complexity index is 903. The highest BCUT2D eigenvalue weighted by Crippen LogP contribution is 2.19. The van der Waals surface area contributed by atoms with E-state index in [1.807, 2.05) is 30.3 Å². The molecule has 23 heavy (non-hydrogen) atoms. The molecule has 0 bridgehead atoms. The number of aromatic amines is 1. The molecule has 1 aromatic carbocycles. The molecule has 0 fully saturated rings. The predicted molar refractivity (Wildman–Crippen MR) is 89.5 cm³/mol. The molecule has 0 saturated carbocycles. The zero-order valence-corrected chi connectivity index (χ0v) is 12.6. The standard InChI is InChI=1S/C17H16N4O2/c1-18-14-7-4-5-11-9-13(17(23)21-15(11)14)16(22)20-10-12-6-2-3-8-19-12/h2-9,18H,10H2,1H3,(H,20,22)(H,21,23). The highest BCUT2D eigenvalue weighted by molar-refractivity contribution is 5.99. The Labute approximate surface area is 132 Å². The molecule has 0 unspecified atom stereocenters. The third-order valence-electron chi connectivity index (χ3n) is 3.55. The van der Waals surface area contributed by atoms with Gasteiger partial charge in [0.25, 0.3) is 11.5 Å². The fourth-order valence-corrected chi connectivity index (χ4v) is 2.38. The molecule has 0 aliphatic rings. The summed E-state index contributed by atoms with van der Waals surface area (Å²) in [6.07, 6.45) is 1.66. The summed E-state index contributed by atoms with van der Waals surface area (Å²) in [6, 6.07) is 12.6. The highest BCUT2D eigenvalue weighted by Gasteiger charge is 2.13. The normalized spacial score (nSPS) is 10.5. The van der Waals surface area contributed by atoms with Crippen LogP contribution in [0.25, 0.3) is 10.9 Å². The first kappa shape index (κ1) is 14.8. The Morgan fingerprint density at radius 3 is 2.83 bits per heavy atom.